The first-order valence-electron chi connectivity index (χ1n) is 7.15. The lowest BCUT2D eigenvalue weighted by Crippen LogP contribution is -2.05. The molecule has 1 nitrogen and oxygen atoms in total. The third-order valence-electron chi connectivity index (χ3n) is 3.25. The number of rotatable bonds is 1. The predicted octanol–water partition coefficient (Wildman–Crippen LogP) is 5.12. The molecule has 0 bridgehead atoms. The molecule has 1 heterocycles. The average molecular weight is 253 g/mol. The molecule has 1 heteroatoms. The Morgan fingerprint density at radius 3 is 2.26 bits per heavy atom. The molecule has 2 aromatic carbocycles. The molecule has 1 N–H and O–H groups in total. The number of anilines is 1. The van der Waals surface area contributed by atoms with Crippen LogP contribution >= 0.6 is 0 Å². The van der Waals surface area contributed by atoms with Crippen LogP contribution in [0.5, 0.6) is 0 Å². The molecule has 1 unspecified atom stereocenters. The van der Waals surface area contributed by atoms with Gasteiger partial charge < -0.3 is 5.32 Å². The smallest absolute Gasteiger partial charge is 0.0555 e. The van der Waals surface area contributed by atoms with Crippen LogP contribution in [0.25, 0.3) is 0 Å². The Bertz CT molecular complexity index is 488. The van der Waals surface area contributed by atoms with Crippen LogP contribution in [0.3, 0.4) is 0 Å². The molecule has 0 radical (unpaired) electrons. The summed E-state index contributed by atoms with van der Waals surface area (Å²) < 4.78 is 0. The minimum absolute atomic E-state index is 0.443. The molecule has 0 aromatic heterocycles. The van der Waals surface area contributed by atoms with E-state index in [0.717, 1.165) is 6.42 Å². The van der Waals surface area contributed by atoms with E-state index in [4.69, 9.17) is 0 Å². The summed E-state index contributed by atoms with van der Waals surface area (Å²) in [6, 6.07) is 17.8. The fourth-order valence-electron chi connectivity index (χ4n) is 2.30. The van der Waals surface area contributed by atoms with Crippen molar-refractivity contribution in [3.63, 3.8) is 0 Å². The fourth-order valence-corrected chi connectivity index (χ4v) is 2.30. The lowest BCUT2D eigenvalue weighted by atomic mass is 10.0. The van der Waals surface area contributed by atoms with Gasteiger partial charge in [0.05, 0.1) is 6.04 Å². The van der Waals surface area contributed by atoms with Gasteiger partial charge in [0.15, 0.2) is 0 Å². The van der Waals surface area contributed by atoms with E-state index in [1.54, 1.807) is 0 Å². The summed E-state index contributed by atoms with van der Waals surface area (Å²) in [7, 11) is 0. The van der Waals surface area contributed by atoms with Crippen molar-refractivity contribution in [3.8, 4) is 0 Å². The molecule has 2 aromatic rings. The van der Waals surface area contributed by atoms with Crippen LogP contribution in [0.15, 0.2) is 48.5 Å². The Morgan fingerprint density at radius 1 is 1.00 bits per heavy atom. The molecule has 1 atom stereocenters. The molecule has 0 fully saturated rings. The summed E-state index contributed by atoms with van der Waals surface area (Å²) in [5.41, 5.74) is 5.40. The highest BCUT2D eigenvalue weighted by atomic mass is 14.9. The first-order chi connectivity index (χ1) is 9.24. The lowest BCUT2D eigenvalue weighted by molar-refractivity contribution is 0.824. The highest BCUT2D eigenvalue weighted by Gasteiger charge is 2.20. The predicted molar refractivity (Wildman–Crippen MR) is 83.7 cm³/mol. The molecule has 0 saturated carbocycles. The second-order valence-electron chi connectivity index (χ2n) is 5.18. The number of para-hydroxylation sites is 1. The van der Waals surface area contributed by atoms with Crippen molar-refractivity contribution in [1.82, 2.24) is 0 Å². The van der Waals surface area contributed by atoms with Crippen molar-refractivity contribution in [2.75, 3.05) is 5.32 Å². The summed E-state index contributed by atoms with van der Waals surface area (Å²) in [6.45, 7) is 6.38. The maximum atomic E-state index is 3.57. The third kappa shape index (κ3) is 3.37. The topological polar surface area (TPSA) is 12.0 Å². The van der Waals surface area contributed by atoms with Crippen molar-refractivity contribution in [1.29, 1.82) is 0 Å². The number of nitrogens with one attached hydrogen (secondary N) is 1. The zero-order valence-electron chi connectivity index (χ0n) is 12.1. The van der Waals surface area contributed by atoms with Crippen LogP contribution in [0.4, 0.5) is 5.69 Å². The molecule has 0 saturated heterocycles. The van der Waals surface area contributed by atoms with Gasteiger partial charge in [-0.25, -0.2) is 0 Å². The van der Waals surface area contributed by atoms with Gasteiger partial charge >= 0.3 is 0 Å². The van der Waals surface area contributed by atoms with Crippen LogP contribution < -0.4 is 5.32 Å². The summed E-state index contributed by atoms with van der Waals surface area (Å²) in [4.78, 5) is 0. The Balaban J connectivity index is 0.000000408. The van der Waals surface area contributed by atoms with Gasteiger partial charge in [0.1, 0.15) is 0 Å². The van der Waals surface area contributed by atoms with E-state index >= 15 is 0 Å². The van der Waals surface area contributed by atoms with E-state index < -0.39 is 0 Å². The standard InChI is InChI=1S/C15H15N.C3H8/c1-11-6-8-12(9-7-11)15-10-13-4-2-3-5-14(13)16-15;1-3-2/h2-9,15-16H,10H2,1H3;3H2,1-2H3. The van der Waals surface area contributed by atoms with Crippen molar-refractivity contribution in [3.05, 3.63) is 65.2 Å². The monoisotopic (exact) mass is 253 g/mol. The van der Waals surface area contributed by atoms with Crippen LogP contribution in [-0.4, -0.2) is 0 Å². The maximum absolute atomic E-state index is 3.57. The number of benzene rings is 2. The van der Waals surface area contributed by atoms with Crippen LogP contribution in [-0.2, 0) is 6.42 Å². The number of hydrogen-bond acceptors (Lipinski definition) is 1. The van der Waals surface area contributed by atoms with Crippen molar-refractivity contribution in [2.45, 2.75) is 39.7 Å². The van der Waals surface area contributed by atoms with Crippen LogP contribution in [0.1, 0.15) is 43.0 Å². The minimum atomic E-state index is 0.443. The molecule has 0 spiro atoms. The summed E-state index contributed by atoms with van der Waals surface area (Å²) >= 11 is 0. The third-order valence-corrected chi connectivity index (χ3v) is 3.25. The molecule has 3 rings (SSSR count). The lowest BCUT2D eigenvalue weighted by Gasteiger charge is -2.11. The molecule has 0 amide bonds. The molecule has 1 aliphatic rings. The van der Waals surface area contributed by atoms with Gasteiger partial charge in [-0.15, -0.1) is 0 Å². The molecular formula is C18H23N. The van der Waals surface area contributed by atoms with E-state index in [0.29, 0.717) is 6.04 Å². The number of hydrogen-bond donors (Lipinski definition) is 1. The van der Waals surface area contributed by atoms with Gasteiger partial charge in [-0.1, -0.05) is 68.3 Å². The summed E-state index contributed by atoms with van der Waals surface area (Å²) in [5.74, 6) is 0. The Morgan fingerprint density at radius 2 is 1.63 bits per heavy atom. The quantitative estimate of drug-likeness (QED) is 0.743. The molecule has 0 aliphatic carbocycles. The van der Waals surface area contributed by atoms with Gasteiger partial charge in [0.2, 0.25) is 0 Å². The zero-order chi connectivity index (χ0) is 13.7. The van der Waals surface area contributed by atoms with Gasteiger partial charge in [0, 0.05) is 5.69 Å². The van der Waals surface area contributed by atoms with Gasteiger partial charge in [-0.05, 0) is 30.5 Å². The van der Waals surface area contributed by atoms with Crippen LogP contribution in [0.2, 0.25) is 0 Å². The molecule has 100 valence electrons. The summed E-state index contributed by atoms with van der Waals surface area (Å²) in [6.07, 6.45) is 2.35. The Hall–Kier alpha value is -1.76. The average Bonchev–Trinajstić information content (AvgIpc) is 2.84. The van der Waals surface area contributed by atoms with Crippen LogP contribution in [0, 0.1) is 6.92 Å². The first-order valence-corrected chi connectivity index (χ1v) is 7.15. The fraction of sp³-hybridized carbons (Fsp3) is 0.333. The van der Waals surface area contributed by atoms with Gasteiger partial charge in [-0.2, -0.15) is 0 Å². The first kappa shape index (κ1) is 13.7. The highest BCUT2D eigenvalue weighted by Crippen LogP contribution is 2.33. The largest absolute Gasteiger partial charge is 0.378 e. The van der Waals surface area contributed by atoms with E-state index in [-0.39, 0.29) is 0 Å². The number of fused-ring (bicyclic) bond motifs is 1. The minimum Gasteiger partial charge on any atom is -0.378 e. The van der Waals surface area contributed by atoms with Crippen molar-refractivity contribution in [2.24, 2.45) is 0 Å². The van der Waals surface area contributed by atoms with Crippen molar-refractivity contribution >= 4 is 5.69 Å². The second-order valence-corrected chi connectivity index (χ2v) is 5.18. The summed E-state index contributed by atoms with van der Waals surface area (Å²) in [5, 5.41) is 3.57. The Kier molecular flexibility index (Phi) is 4.62. The Labute approximate surface area is 116 Å². The zero-order valence-corrected chi connectivity index (χ0v) is 12.1. The number of aryl methyl sites for hydroxylation is 1. The molecular weight excluding hydrogens is 230 g/mol. The maximum Gasteiger partial charge on any atom is 0.0555 e. The second kappa shape index (κ2) is 6.42. The van der Waals surface area contributed by atoms with Gasteiger partial charge in [0.25, 0.3) is 0 Å². The van der Waals surface area contributed by atoms with Crippen molar-refractivity contribution < 1.29 is 0 Å². The van der Waals surface area contributed by atoms with E-state index in [1.165, 1.54) is 28.8 Å². The van der Waals surface area contributed by atoms with E-state index in [1.807, 2.05) is 0 Å². The van der Waals surface area contributed by atoms with E-state index in [9.17, 15) is 0 Å². The highest BCUT2D eigenvalue weighted by molar-refractivity contribution is 5.58. The van der Waals surface area contributed by atoms with Gasteiger partial charge in [-0.3, -0.25) is 0 Å². The normalized spacial score (nSPS) is 16.1. The van der Waals surface area contributed by atoms with E-state index in [2.05, 4.69) is 74.6 Å². The molecule has 1 aliphatic heterocycles. The molecule has 19 heavy (non-hydrogen) atoms. The SMILES string of the molecule is CCC.Cc1ccc(C2Cc3ccccc3N2)cc1.